The Hall–Kier alpha value is -2.86. The van der Waals surface area contributed by atoms with Gasteiger partial charge in [-0.2, -0.15) is 0 Å². The molecule has 1 atom stereocenters. The van der Waals surface area contributed by atoms with Gasteiger partial charge >= 0.3 is 0 Å². The van der Waals surface area contributed by atoms with Crippen LogP contribution >= 0.6 is 11.3 Å². The van der Waals surface area contributed by atoms with Crippen molar-refractivity contribution >= 4 is 28.5 Å². The van der Waals surface area contributed by atoms with Gasteiger partial charge in [-0.05, 0) is 66.0 Å². The maximum Gasteiger partial charge on any atom is 0.255 e. The van der Waals surface area contributed by atoms with Crippen LogP contribution in [0.2, 0.25) is 0 Å². The first-order chi connectivity index (χ1) is 14.8. The number of fused-ring (bicyclic) bond motifs is 1. The summed E-state index contributed by atoms with van der Waals surface area (Å²) >= 11 is 1.61. The highest BCUT2D eigenvalue weighted by Gasteiger charge is 2.33. The third-order valence-corrected chi connectivity index (χ3v) is 7.07. The van der Waals surface area contributed by atoms with E-state index in [-0.39, 0.29) is 17.1 Å². The van der Waals surface area contributed by atoms with Crippen molar-refractivity contribution in [2.24, 2.45) is 16.3 Å². The summed E-state index contributed by atoms with van der Waals surface area (Å²) in [5.74, 6) is 1.38. The summed E-state index contributed by atoms with van der Waals surface area (Å²) in [7, 11) is 0. The molecule has 1 amide bonds. The van der Waals surface area contributed by atoms with Crippen molar-refractivity contribution < 1.29 is 14.3 Å². The Kier molecular flexibility index (Phi) is 6.01. The molecule has 0 saturated heterocycles. The molecule has 2 N–H and O–H groups in total. The summed E-state index contributed by atoms with van der Waals surface area (Å²) in [4.78, 5) is 19.1. The first kappa shape index (κ1) is 21.4. The van der Waals surface area contributed by atoms with Crippen LogP contribution in [0.5, 0.6) is 5.75 Å². The summed E-state index contributed by atoms with van der Waals surface area (Å²) in [5, 5.41) is 13.4. The SMILES string of the molecule is CC(C)(C)[C@H]1CCc2c(sc(N=Cc3cccc(O)c3)c2C(=O)NCc2ccco2)C1. The lowest BCUT2D eigenvalue weighted by Gasteiger charge is -2.33. The maximum absolute atomic E-state index is 13.2. The molecule has 2 aromatic heterocycles. The van der Waals surface area contributed by atoms with Gasteiger partial charge in [0.15, 0.2) is 0 Å². The highest BCUT2D eigenvalue weighted by Crippen LogP contribution is 2.45. The molecule has 6 heteroatoms. The normalized spacial score (nSPS) is 16.4. The third kappa shape index (κ3) is 4.90. The lowest BCUT2D eigenvalue weighted by atomic mass is 9.72. The van der Waals surface area contributed by atoms with Gasteiger partial charge in [-0.25, -0.2) is 4.99 Å². The number of hydrogen-bond acceptors (Lipinski definition) is 5. The van der Waals surface area contributed by atoms with E-state index in [1.165, 1.54) is 4.88 Å². The quantitative estimate of drug-likeness (QED) is 0.491. The van der Waals surface area contributed by atoms with E-state index in [2.05, 4.69) is 31.1 Å². The summed E-state index contributed by atoms with van der Waals surface area (Å²) in [6, 6.07) is 10.6. The van der Waals surface area contributed by atoms with E-state index < -0.39 is 0 Å². The van der Waals surface area contributed by atoms with Crippen molar-refractivity contribution in [3.05, 3.63) is 70.0 Å². The number of phenols is 1. The molecule has 0 saturated carbocycles. The number of carbonyl (C=O) groups is 1. The van der Waals surface area contributed by atoms with Gasteiger partial charge in [-0.3, -0.25) is 4.79 Å². The highest BCUT2D eigenvalue weighted by molar-refractivity contribution is 7.16. The fourth-order valence-corrected chi connectivity index (χ4v) is 5.31. The predicted molar refractivity (Wildman–Crippen MR) is 125 cm³/mol. The van der Waals surface area contributed by atoms with Crippen LogP contribution in [0.3, 0.4) is 0 Å². The number of benzene rings is 1. The third-order valence-electron chi connectivity index (χ3n) is 5.90. The predicted octanol–water partition coefficient (Wildman–Crippen LogP) is 5.88. The van der Waals surface area contributed by atoms with Crippen LogP contribution in [-0.4, -0.2) is 17.2 Å². The Morgan fingerprint density at radius 2 is 2.16 bits per heavy atom. The first-order valence-electron chi connectivity index (χ1n) is 10.6. The number of phenolic OH excluding ortho intramolecular Hbond substituents is 1. The molecule has 1 aliphatic carbocycles. The molecule has 4 rings (SSSR count). The second-order valence-corrected chi connectivity index (χ2v) is 10.2. The van der Waals surface area contributed by atoms with E-state index in [1.54, 1.807) is 42.0 Å². The average molecular weight is 437 g/mol. The minimum absolute atomic E-state index is 0.119. The monoisotopic (exact) mass is 436 g/mol. The zero-order chi connectivity index (χ0) is 22.0. The Bertz CT molecular complexity index is 1090. The molecule has 0 unspecified atom stereocenters. The fourth-order valence-electron chi connectivity index (χ4n) is 4.04. The summed E-state index contributed by atoms with van der Waals surface area (Å²) < 4.78 is 5.35. The molecule has 1 aromatic carbocycles. The summed E-state index contributed by atoms with van der Waals surface area (Å²) in [5.41, 5.74) is 2.83. The summed E-state index contributed by atoms with van der Waals surface area (Å²) in [6.07, 6.45) is 6.25. The van der Waals surface area contributed by atoms with E-state index >= 15 is 0 Å². The Balaban J connectivity index is 1.65. The van der Waals surface area contributed by atoms with Gasteiger partial charge in [0.25, 0.3) is 5.91 Å². The molecular weight excluding hydrogens is 408 g/mol. The Labute approximate surface area is 186 Å². The van der Waals surface area contributed by atoms with Gasteiger partial charge in [0, 0.05) is 11.1 Å². The van der Waals surface area contributed by atoms with Crippen molar-refractivity contribution in [2.75, 3.05) is 0 Å². The number of nitrogens with one attached hydrogen (secondary N) is 1. The second kappa shape index (κ2) is 8.71. The van der Waals surface area contributed by atoms with Gasteiger partial charge in [0.1, 0.15) is 16.5 Å². The van der Waals surface area contributed by atoms with E-state index in [0.29, 0.717) is 18.0 Å². The number of thiophene rings is 1. The zero-order valence-electron chi connectivity index (χ0n) is 18.1. The Morgan fingerprint density at radius 1 is 1.32 bits per heavy atom. The molecule has 162 valence electrons. The van der Waals surface area contributed by atoms with Crippen LogP contribution in [0.25, 0.3) is 0 Å². The van der Waals surface area contributed by atoms with Gasteiger partial charge < -0.3 is 14.8 Å². The van der Waals surface area contributed by atoms with Crippen LogP contribution in [0, 0.1) is 11.3 Å². The largest absolute Gasteiger partial charge is 0.508 e. The van der Waals surface area contributed by atoms with Crippen molar-refractivity contribution in [1.29, 1.82) is 0 Å². The van der Waals surface area contributed by atoms with Crippen molar-refractivity contribution in [1.82, 2.24) is 5.32 Å². The number of aromatic hydroxyl groups is 1. The van der Waals surface area contributed by atoms with Gasteiger partial charge in [-0.1, -0.05) is 32.9 Å². The number of furan rings is 1. The molecular formula is C25H28N2O3S. The summed E-state index contributed by atoms with van der Waals surface area (Å²) in [6.45, 7) is 7.20. The van der Waals surface area contributed by atoms with Crippen LogP contribution in [0.15, 0.2) is 52.1 Å². The Morgan fingerprint density at radius 3 is 2.87 bits per heavy atom. The van der Waals surface area contributed by atoms with Gasteiger partial charge in [0.05, 0.1) is 18.4 Å². The molecule has 0 radical (unpaired) electrons. The van der Waals surface area contributed by atoms with Crippen molar-refractivity contribution in [3.63, 3.8) is 0 Å². The van der Waals surface area contributed by atoms with E-state index in [0.717, 1.165) is 41.2 Å². The number of aliphatic imine (C=N–C) groups is 1. The van der Waals surface area contributed by atoms with Crippen LogP contribution in [0.4, 0.5) is 5.00 Å². The highest BCUT2D eigenvalue weighted by atomic mass is 32.1. The number of carbonyl (C=O) groups excluding carboxylic acids is 1. The minimum Gasteiger partial charge on any atom is -0.508 e. The van der Waals surface area contributed by atoms with Gasteiger partial charge in [0.2, 0.25) is 0 Å². The molecule has 1 aliphatic rings. The van der Waals surface area contributed by atoms with Crippen LogP contribution in [0.1, 0.15) is 59.3 Å². The standard InChI is InChI=1S/C25H28N2O3S/c1-25(2,3)17-9-10-20-21(13-17)31-24(27-14-16-6-4-7-18(28)12-16)22(20)23(29)26-15-19-8-5-11-30-19/h4-8,11-12,14,17,28H,9-10,13,15H2,1-3H3,(H,26,29)/t17-/m0/s1. The number of nitrogens with zero attached hydrogens (tertiary/aromatic N) is 1. The molecule has 0 aliphatic heterocycles. The fraction of sp³-hybridized carbons (Fsp3) is 0.360. The average Bonchev–Trinajstić information content (AvgIpc) is 3.37. The maximum atomic E-state index is 13.2. The topological polar surface area (TPSA) is 74.8 Å². The lowest BCUT2D eigenvalue weighted by molar-refractivity contribution is 0.0947. The molecule has 0 fully saturated rings. The molecule has 0 spiro atoms. The lowest BCUT2D eigenvalue weighted by Crippen LogP contribution is -2.28. The molecule has 2 heterocycles. The second-order valence-electron chi connectivity index (χ2n) is 9.10. The number of hydrogen-bond donors (Lipinski definition) is 2. The van der Waals surface area contributed by atoms with Crippen LogP contribution < -0.4 is 5.32 Å². The van der Waals surface area contributed by atoms with E-state index in [9.17, 15) is 9.90 Å². The number of rotatable bonds is 5. The molecule has 5 nitrogen and oxygen atoms in total. The van der Waals surface area contributed by atoms with Crippen LogP contribution in [-0.2, 0) is 19.4 Å². The van der Waals surface area contributed by atoms with Crippen molar-refractivity contribution in [3.8, 4) is 5.75 Å². The smallest absolute Gasteiger partial charge is 0.255 e. The molecule has 3 aromatic rings. The molecule has 0 bridgehead atoms. The van der Waals surface area contributed by atoms with Crippen molar-refractivity contribution in [2.45, 2.75) is 46.6 Å². The van der Waals surface area contributed by atoms with E-state index in [4.69, 9.17) is 4.42 Å². The molecule has 31 heavy (non-hydrogen) atoms. The number of amides is 1. The van der Waals surface area contributed by atoms with Gasteiger partial charge in [-0.15, -0.1) is 11.3 Å². The zero-order valence-corrected chi connectivity index (χ0v) is 19.0. The van der Waals surface area contributed by atoms with E-state index in [1.807, 2.05) is 18.2 Å². The minimum atomic E-state index is -0.119. The first-order valence-corrected chi connectivity index (χ1v) is 11.4.